The molecule has 7 nitrogen and oxygen atoms in total. The zero-order valence-electron chi connectivity index (χ0n) is 12.6. The van der Waals surface area contributed by atoms with Crippen LogP contribution in [-0.2, 0) is 7.05 Å². The lowest BCUT2D eigenvalue weighted by Crippen LogP contribution is -2.31. The fraction of sp³-hybridized carbons (Fsp3) is 0.538. The predicted molar refractivity (Wildman–Crippen MR) is 76.3 cm³/mol. The first kappa shape index (κ1) is 14.5. The van der Waals surface area contributed by atoms with Crippen molar-refractivity contribution in [3.05, 3.63) is 29.3 Å². The van der Waals surface area contributed by atoms with Crippen molar-refractivity contribution in [3.63, 3.8) is 0 Å². The van der Waals surface area contributed by atoms with E-state index in [0.29, 0.717) is 5.75 Å². The highest BCUT2D eigenvalue weighted by atomic mass is 16.5. The molecule has 7 heteroatoms. The van der Waals surface area contributed by atoms with Gasteiger partial charge in [-0.15, -0.1) is 0 Å². The van der Waals surface area contributed by atoms with E-state index in [2.05, 4.69) is 29.5 Å². The monoisotopic (exact) mass is 278 g/mol. The molecule has 0 spiro atoms. The van der Waals surface area contributed by atoms with Crippen molar-refractivity contribution in [2.45, 2.75) is 32.9 Å². The molecule has 0 bridgehead atoms. The van der Waals surface area contributed by atoms with Crippen molar-refractivity contribution >= 4 is 0 Å². The second kappa shape index (κ2) is 5.64. The highest BCUT2D eigenvalue weighted by Crippen LogP contribution is 2.32. The lowest BCUT2D eigenvalue weighted by atomic mass is 10.0. The Balaban J connectivity index is 2.56. The number of hydrogen-bond acceptors (Lipinski definition) is 5. The van der Waals surface area contributed by atoms with Crippen LogP contribution in [0.1, 0.15) is 42.9 Å². The van der Waals surface area contributed by atoms with E-state index in [0.717, 1.165) is 17.0 Å². The second-order valence-electron chi connectivity index (χ2n) is 5.08. The molecular weight excluding hydrogens is 256 g/mol. The molecule has 2 aromatic rings. The fourth-order valence-corrected chi connectivity index (χ4v) is 2.42. The van der Waals surface area contributed by atoms with E-state index >= 15 is 0 Å². The molecule has 2 rings (SSSR count). The molecular formula is C13H22N6O. The normalized spacial score (nSPS) is 12.9. The van der Waals surface area contributed by atoms with Gasteiger partial charge in [-0.25, -0.2) is 5.43 Å². The van der Waals surface area contributed by atoms with E-state index in [9.17, 15) is 0 Å². The van der Waals surface area contributed by atoms with Gasteiger partial charge in [-0.3, -0.25) is 15.2 Å². The average Bonchev–Trinajstić information content (AvgIpc) is 2.95. The molecule has 0 radical (unpaired) electrons. The SMILES string of the molecule is COc1cnn(C(C)C)c1C(NN)c1cn(C)nc1C. The van der Waals surface area contributed by atoms with Crippen LogP contribution >= 0.6 is 0 Å². The minimum Gasteiger partial charge on any atom is -0.493 e. The molecule has 0 saturated heterocycles. The number of nitrogens with one attached hydrogen (secondary N) is 1. The number of methoxy groups -OCH3 is 1. The summed E-state index contributed by atoms with van der Waals surface area (Å²) < 4.78 is 9.11. The number of aryl methyl sites for hydroxylation is 2. The molecule has 3 N–H and O–H groups in total. The molecule has 0 aliphatic rings. The van der Waals surface area contributed by atoms with Gasteiger partial charge in [0.1, 0.15) is 5.69 Å². The van der Waals surface area contributed by atoms with E-state index in [1.54, 1.807) is 18.0 Å². The Morgan fingerprint density at radius 2 is 2.10 bits per heavy atom. The number of rotatable bonds is 5. The molecule has 1 atom stereocenters. The minimum absolute atomic E-state index is 0.210. The van der Waals surface area contributed by atoms with E-state index in [4.69, 9.17) is 10.6 Å². The molecule has 0 aromatic carbocycles. The number of nitrogens with zero attached hydrogens (tertiary/aromatic N) is 4. The van der Waals surface area contributed by atoms with Crippen molar-refractivity contribution in [3.8, 4) is 5.75 Å². The van der Waals surface area contributed by atoms with Crippen LogP contribution in [0.4, 0.5) is 0 Å². The van der Waals surface area contributed by atoms with Crippen LogP contribution in [0.15, 0.2) is 12.4 Å². The third kappa shape index (κ3) is 2.41. The molecule has 0 saturated carbocycles. The van der Waals surface area contributed by atoms with Crippen LogP contribution in [0.5, 0.6) is 5.75 Å². The number of hydrazine groups is 1. The number of ether oxygens (including phenoxy) is 1. The van der Waals surface area contributed by atoms with Gasteiger partial charge < -0.3 is 4.74 Å². The highest BCUT2D eigenvalue weighted by molar-refractivity contribution is 5.37. The van der Waals surface area contributed by atoms with Gasteiger partial charge in [0.05, 0.1) is 25.0 Å². The van der Waals surface area contributed by atoms with Gasteiger partial charge in [0, 0.05) is 24.8 Å². The Morgan fingerprint density at radius 1 is 1.40 bits per heavy atom. The Labute approximate surface area is 118 Å². The maximum absolute atomic E-state index is 5.78. The third-order valence-electron chi connectivity index (χ3n) is 3.31. The second-order valence-corrected chi connectivity index (χ2v) is 5.08. The highest BCUT2D eigenvalue weighted by Gasteiger charge is 2.26. The number of hydrogen-bond donors (Lipinski definition) is 2. The zero-order chi connectivity index (χ0) is 14.9. The van der Waals surface area contributed by atoms with Gasteiger partial charge in [0.25, 0.3) is 0 Å². The largest absolute Gasteiger partial charge is 0.493 e. The predicted octanol–water partition coefficient (Wildman–Crippen LogP) is 1.07. The van der Waals surface area contributed by atoms with E-state index in [-0.39, 0.29) is 12.1 Å². The summed E-state index contributed by atoms with van der Waals surface area (Å²) in [5, 5.41) is 8.76. The third-order valence-corrected chi connectivity index (χ3v) is 3.31. The molecule has 0 aliphatic heterocycles. The van der Waals surface area contributed by atoms with Crippen LogP contribution in [0.3, 0.4) is 0 Å². The van der Waals surface area contributed by atoms with E-state index in [1.165, 1.54) is 0 Å². The summed E-state index contributed by atoms with van der Waals surface area (Å²) in [4.78, 5) is 0. The maximum atomic E-state index is 5.78. The average molecular weight is 278 g/mol. The molecule has 110 valence electrons. The van der Waals surface area contributed by atoms with Crippen molar-refractivity contribution in [2.75, 3.05) is 7.11 Å². The summed E-state index contributed by atoms with van der Waals surface area (Å²) in [6.07, 6.45) is 3.67. The molecule has 0 amide bonds. The van der Waals surface area contributed by atoms with Crippen LogP contribution < -0.4 is 16.0 Å². The molecule has 0 fully saturated rings. The first-order chi connectivity index (χ1) is 9.49. The van der Waals surface area contributed by atoms with E-state index in [1.807, 2.05) is 24.9 Å². The number of nitrogens with two attached hydrogens (primary N) is 1. The smallest absolute Gasteiger partial charge is 0.161 e. The fourth-order valence-electron chi connectivity index (χ4n) is 2.42. The van der Waals surface area contributed by atoms with Crippen molar-refractivity contribution in [1.82, 2.24) is 25.0 Å². The van der Waals surface area contributed by atoms with Gasteiger partial charge in [-0.1, -0.05) is 0 Å². The lowest BCUT2D eigenvalue weighted by Gasteiger charge is -2.20. The minimum atomic E-state index is -0.219. The number of aromatic nitrogens is 4. The first-order valence-corrected chi connectivity index (χ1v) is 6.57. The molecule has 0 aliphatic carbocycles. The van der Waals surface area contributed by atoms with Gasteiger partial charge in [0.2, 0.25) is 0 Å². The molecule has 20 heavy (non-hydrogen) atoms. The standard InChI is InChI=1S/C13H22N6O/c1-8(2)19-13(11(20-5)6-15-19)12(16-14)10-7-18(4)17-9(10)3/h6-8,12,16H,14H2,1-5H3. The Kier molecular flexibility index (Phi) is 4.10. The van der Waals surface area contributed by atoms with Crippen molar-refractivity contribution < 1.29 is 4.74 Å². The Morgan fingerprint density at radius 3 is 2.55 bits per heavy atom. The first-order valence-electron chi connectivity index (χ1n) is 6.57. The van der Waals surface area contributed by atoms with E-state index < -0.39 is 0 Å². The van der Waals surface area contributed by atoms with Crippen molar-refractivity contribution in [2.24, 2.45) is 12.9 Å². The van der Waals surface area contributed by atoms with Gasteiger partial charge in [-0.05, 0) is 20.8 Å². The summed E-state index contributed by atoms with van der Waals surface area (Å²) in [6.45, 7) is 6.10. The maximum Gasteiger partial charge on any atom is 0.161 e. The summed E-state index contributed by atoms with van der Waals surface area (Å²) >= 11 is 0. The Bertz CT molecular complexity index is 586. The lowest BCUT2D eigenvalue weighted by molar-refractivity contribution is 0.394. The molecule has 2 aromatic heterocycles. The summed E-state index contributed by atoms with van der Waals surface area (Å²) in [7, 11) is 3.52. The summed E-state index contributed by atoms with van der Waals surface area (Å²) in [5.41, 5.74) is 5.69. The van der Waals surface area contributed by atoms with Crippen LogP contribution in [0, 0.1) is 6.92 Å². The zero-order valence-corrected chi connectivity index (χ0v) is 12.6. The molecule has 2 heterocycles. The van der Waals surface area contributed by atoms with Gasteiger partial charge >= 0.3 is 0 Å². The Hall–Kier alpha value is -1.86. The van der Waals surface area contributed by atoms with Crippen LogP contribution in [0.2, 0.25) is 0 Å². The molecule has 1 unspecified atom stereocenters. The van der Waals surface area contributed by atoms with Gasteiger partial charge in [0.15, 0.2) is 5.75 Å². The summed E-state index contributed by atoms with van der Waals surface area (Å²) in [6, 6.07) is -0.00900. The topological polar surface area (TPSA) is 82.9 Å². The van der Waals surface area contributed by atoms with Crippen LogP contribution in [-0.4, -0.2) is 26.7 Å². The summed E-state index contributed by atoms with van der Waals surface area (Å²) in [5.74, 6) is 6.50. The van der Waals surface area contributed by atoms with Crippen LogP contribution in [0.25, 0.3) is 0 Å². The van der Waals surface area contributed by atoms with Crippen molar-refractivity contribution in [1.29, 1.82) is 0 Å². The quantitative estimate of drug-likeness (QED) is 0.631. The van der Waals surface area contributed by atoms with Gasteiger partial charge in [-0.2, -0.15) is 10.2 Å².